The van der Waals surface area contributed by atoms with Crippen molar-refractivity contribution in [2.45, 2.75) is 52.0 Å². The number of unbranched alkanes of at least 4 members (excludes halogenated alkanes) is 1. The van der Waals surface area contributed by atoms with Gasteiger partial charge in [-0.05, 0) is 57.5 Å². The fraction of sp³-hybridized carbons (Fsp3) is 0.632. The van der Waals surface area contributed by atoms with Crippen molar-refractivity contribution in [3.63, 3.8) is 0 Å². The van der Waals surface area contributed by atoms with Gasteiger partial charge >= 0.3 is 5.97 Å². The summed E-state index contributed by atoms with van der Waals surface area (Å²) in [5, 5.41) is 9.82. The standard InChI is InChI=1S/C19H29NO4/c1-3-4-12-23-18-13-16(8-9-17(18)21)19(22)24-14-15(2)20-10-6-5-7-11-20/h8-9,13,15,21H,3-7,10-12,14H2,1-2H3/t15-/m0/s1. The third-order valence-corrected chi connectivity index (χ3v) is 4.42. The van der Waals surface area contributed by atoms with Gasteiger partial charge in [-0.2, -0.15) is 0 Å². The van der Waals surface area contributed by atoms with Crippen LogP contribution in [0.25, 0.3) is 0 Å². The number of carbonyl (C=O) groups excluding carboxylic acids is 1. The van der Waals surface area contributed by atoms with Gasteiger partial charge in [0, 0.05) is 6.04 Å². The Morgan fingerprint density at radius 3 is 2.75 bits per heavy atom. The first-order chi connectivity index (χ1) is 11.6. The zero-order valence-corrected chi connectivity index (χ0v) is 14.8. The van der Waals surface area contributed by atoms with Crippen LogP contribution in [0.2, 0.25) is 0 Å². The first-order valence-electron chi connectivity index (χ1n) is 8.98. The zero-order valence-electron chi connectivity index (χ0n) is 14.8. The molecule has 24 heavy (non-hydrogen) atoms. The topological polar surface area (TPSA) is 59.0 Å². The molecule has 1 fully saturated rings. The van der Waals surface area contributed by atoms with E-state index in [0.717, 1.165) is 25.9 Å². The van der Waals surface area contributed by atoms with Gasteiger partial charge in [-0.15, -0.1) is 0 Å². The number of phenolic OH excluding ortho intramolecular Hbond substituents is 1. The van der Waals surface area contributed by atoms with E-state index in [1.165, 1.54) is 25.3 Å². The van der Waals surface area contributed by atoms with Crippen molar-refractivity contribution in [3.8, 4) is 11.5 Å². The zero-order chi connectivity index (χ0) is 17.4. The van der Waals surface area contributed by atoms with E-state index >= 15 is 0 Å². The van der Waals surface area contributed by atoms with Crippen molar-refractivity contribution in [1.82, 2.24) is 4.90 Å². The predicted octanol–water partition coefficient (Wildman–Crippen LogP) is 3.60. The number of hydrogen-bond donors (Lipinski definition) is 1. The lowest BCUT2D eigenvalue weighted by Crippen LogP contribution is -2.40. The molecule has 1 atom stereocenters. The normalized spacial score (nSPS) is 16.6. The molecule has 0 amide bonds. The van der Waals surface area contributed by atoms with Crippen LogP contribution in [0.1, 0.15) is 56.3 Å². The van der Waals surface area contributed by atoms with Crippen LogP contribution < -0.4 is 4.74 Å². The van der Waals surface area contributed by atoms with Gasteiger partial charge in [0.05, 0.1) is 12.2 Å². The van der Waals surface area contributed by atoms with E-state index < -0.39 is 0 Å². The number of rotatable bonds is 8. The Balaban J connectivity index is 1.88. The molecule has 0 radical (unpaired) electrons. The molecule has 1 aliphatic rings. The van der Waals surface area contributed by atoms with E-state index in [2.05, 4.69) is 18.7 Å². The minimum absolute atomic E-state index is 0.0457. The molecule has 0 saturated carbocycles. The largest absolute Gasteiger partial charge is 0.504 e. The first kappa shape index (κ1) is 18.6. The molecule has 0 spiro atoms. The summed E-state index contributed by atoms with van der Waals surface area (Å²) in [5.41, 5.74) is 0.408. The van der Waals surface area contributed by atoms with Crippen molar-refractivity contribution in [1.29, 1.82) is 0 Å². The van der Waals surface area contributed by atoms with Crippen LogP contribution >= 0.6 is 0 Å². The van der Waals surface area contributed by atoms with Crippen LogP contribution in [0, 0.1) is 0 Å². The van der Waals surface area contributed by atoms with Crippen LogP contribution in [0.15, 0.2) is 18.2 Å². The average molecular weight is 335 g/mol. The Hall–Kier alpha value is -1.75. The quantitative estimate of drug-likeness (QED) is 0.581. The first-order valence-corrected chi connectivity index (χ1v) is 8.98. The van der Waals surface area contributed by atoms with E-state index in [1.807, 2.05) is 0 Å². The number of carbonyl (C=O) groups is 1. The summed E-state index contributed by atoms with van der Waals surface area (Å²) < 4.78 is 11.0. The Morgan fingerprint density at radius 1 is 1.29 bits per heavy atom. The van der Waals surface area contributed by atoms with E-state index in [4.69, 9.17) is 9.47 Å². The lowest BCUT2D eigenvalue weighted by molar-refractivity contribution is 0.0347. The van der Waals surface area contributed by atoms with Gasteiger partial charge in [-0.25, -0.2) is 4.79 Å². The van der Waals surface area contributed by atoms with Crippen LogP contribution in [0.3, 0.4) is 0 Å². The number of likely N-dealkylation sites (tertiary alicyclic amines) is 1. The molecule has 1 aliphatic heterocycles. The molecular formula is C19H29NO4. The molecule has 0 aromatic heterocycles. The third kappa shape index (κ3) is 5.41. The predicted molar refractivity (Wildman–Crippen MR) is 93.7 cm³/mol. The minimum atomic E-state index is -0.376. The highest BCUT2D eigenvalue weighted by Gasteiger charge is 2.19. The second-order valence-corrected chi connectivity index (χ2v) is 6.43. The average Bonchev–Trinajstić information content (AvgIpc) is 2.62. The summed E-state index contributed by atoms with van der Waals surface area (Å²) in [5.74, 6) is 0.00511. The second-order valence-electron chi connectivity index (χ2n) is 6.43. The van der Waals surface area contributed by atoms with Crippen LogP contribution in [0.5, 0.6) is 11.5 Å². The smallest absolute Gasteiger partial charge is 0.338 e. The number of ether oxygens (including phenoxy) is 2. The van der Waals surface area contributed by atoms with E-state index in [0.29, 0.717) is 24.5 Å². The number of benzene rings is 1. The number of aromatic hydroxyl groups is 1. The summed E-state index contributed by atoms with van der Waals surface area (Å²) in [6, 6.07) is 4.83. The summed E-state index contributed by atoms with van der Waals surface area (Å²) in [4.78, 5) is 14.6. The van der Waals surface area contributed by atoms with Gasteiger partial charge in [0.15, 0.2) is 11.5 Å². The fourth-order valence-corrected chi connectivity index (χ4v) is 2.83. The van der Waals surface area contributed by atoms with Crippen LogP contribution in [-0.2, 0) is 4.74 Å². The van der Waals surface area contributed by atoms with Gasteiger partial charge in [0.25, 0.3) is 0 Å². The maximum absolute atomic E-state index is 12.2. The number of hydrogen-bond acceptors (Lipinski definition) is 5. The summed E-state index contributed by atoms with van der Waals surface area (Å²) >= 11 is 0. The second kappa shape index (κ2) is 9.52. The summed E-state index contributed by atoms with van der Waals surface area (Å²) in [6.45, 7) is 7.22. The van der Waals surface area contributed by atoms with Gasteiger partial charge in [-0.3, -0.25) is 4.90 Å². The lowest BCUT2D eigenvalue weighted by Gasteiger charge is -2.31. The maximum Gasteiger partial charge on any atom is 0.338 e. The third-order valence-electron chi connectivity index (χ3n) is 4.42. The van der Waals surface area contributed by atoms with Gasteiger partial charge in [0.1, 0.15) is 6.61 Å². The molecule has 1 saturated heterocycles. The van der Waals surface area contributed by atoms with Crippen LogP contribution in [0.4, 0.5) is 0 Å². The highest BCUT2D eigenvalue weighted by molar-refractivity contribution is 5.90. The summed E-state index contributed by atoms with van der Waals surface area (Å²) in [7, 11) is 0. The monoisotopic (exact) mass is 335 g/mol. The van der Waals surface area contributed by atoms with Gasteiger partial charge < -0.3 is 14.6 Å². The molecule has 5 nitrogen and oxygen atoms in total. The van der Waals surface area contributed by atoms with Crippen molar-refractivity contribution >= 4 is 5.97 Å². The Bertz CT molecular complexity index is 526. The van der Waals surface area contributed by atoms with E-state index in [9.17, 15) is 9.90 Å². The molecule has 5 heteroatoms. The number of nitrogens with zero attached hydrogens (tertiary/aromatic N) is 1. The fourth-order valence-electron chi connectivity index (χ4n) is 2.83. The highest BCUT2D eigenvalue weighted by atomic mass is 16.5. The molecule has 1 heterocycles. The molecule has 0 unspecified atom stereocenters. The molecular weight excluding hydrogens is 306 g/mol. The molecule has 0 aliphatic carbocycles. The molecule has 1 N–H and O–H groups in total. The highest BCUT2D eigenvalue weighted by Crippen LogP contribution is 2.27. The van der Waals surface area contributed by atoms with Gasteiger partial charge in [0.2, 0.25) is 0 Å². The number of piperidine rings is 1. The lowest BCUT2D eigenvalue weighted by atomic mass is 10.1. The molecule has 1 aromatic carbocycles. The van der Waals surface area contributed by atoms with Crippen LogP contribution in [-0.4, -0.2) is 48.3 Å². The van der Waals surface area contributed by atoms with Gasteiger partial charge in [-0.1, -0.05) is 19.8 Å². The Labute approximate surface area is 144 Å². The number of phenols is 1. The van der Waals surface area contributed by atoms with E-state index in [-0.39, 0.29) is 17.8 Å². The van der Waals surface area contributed by atoms with Crippen molar-refractivity contribution < 1.29 is 19.4 Å². The van der Waals surface area contributed by atoms with Crippen molar-refractivity contribution in [2.75, 3.05) is 26.3 Å². The SMILES string of the molecule is CCCCOc1cc(C(=O)OC[C@H](C)N2CCCCC2)ccc1O. The Morgan fingerprint density at radius 2 is 2.04 bits per heavy atom. The summed E-state index contributed by atoms with van der Waals surface area (Å²) in [6.07, 6.45) is 5.64. The van der Waals surface area contributed by atoms with E-state index in [1.54, 1.807) is 12.1 Å². The molecule has 2 rings (SSSR count). The molecule has 0 bridgehead atoms. The maximum atomic E-state index is 12.2. The molecule has 1 aromatic rings. The molecule has 134 valence electrons. The van der Waals surface area contributed by atoms with Crippen molar-refractivity contribution in [3.05, 3.63) is 23.8 Å². The van der Waals surface area contributed by atoms with Crippen molar-refractivity contribution in [2.24, 2.45) is 0 Å². The number of esters is 1. The Kier molecular flexibility index (Phi) is 7.37. The minimum Gasteiger partial charge on any atom is -0.504 e.